The summed E-state index contributed by atoms with van der Waals surface area (Å²) in [7, 11) is 2.44. The first-order valence-electron chi connectivity index (χ1n) is 7.76. The third kappa shape index (κ3) is 3.06. The fourth-order valence-corrected chi connectivity index (χ4v) is 2.83. The van der Waals surface area contributed by atoms with Gasteiger partial charge < -0.3 is 23.5 Å². The van der Waals surface area contributed by atoms with Crippen molar-refractivity contribution in [1.82, 2.24) is 0 Å². The third-order valence-electron chi connectivity index (χ3n) is 4.08. The average molecular weight is 359 g/mol. The van der Waals surface area contributed by atoms with Crippen LogP contribution in [0.25, 0.3) is 11.0 Å². The SMILES string of the molecule is COC(=O)C1=C(C(=O)OC)N(c2ccc3c(C)cc(=O)oc3c2)COC1. The summed E-state index contributed by atoms with van der Waals surface area (Å²) in [4.78, 5) is 37.4. The van der Waals surface area contributed by atoms with Gasteiger partial charge in [0.25, 0.3) is 0 Å². The molecule has 0 aliphatic carbocycles. The van der Waals surface area contributed by atoms with E-state index < -0.39 is 17.6 Å². The first kappa shape index (κ1) is 17.7. The molecule has 2 heterocycles. The number of carbonyl (C=O) groups excluding carboxylic acids is 2. The lowest BCUT2D eigenvalue weighted by Gasteiger charge is -2.31. The third-order valence-corrected chi connectivity index (χ3v) is 4.08. The van der Waals surface area contributed by atoms with Crippen molar-refractivity contribution in [2.75, 3.05) is 32.5 Å². The number of nitrogens with zero attached hydrogens (tertiary/aromatic N) is 1. The fourth-order valence-electron chi connectivity index (χ4n) is 2.83. The van der Waals surface area contributed by atoms with Crippen molar-refractivity contribution in [3.63, 3.8) is 0 Å². The number of rotatable bonds is 3. The minimum atomic E-state index is -0.695. The van der Waals surface area contributed by atoms with E-state index in [1.807, 2.05) is 0 Å². The summed E-state index contributed by atoms with van der Waals surface area (Å²) in [5, 5.41) is 0.767. The second-order valence-electron chi connectivity index (χ2n) is 5.64. The average Bonchev–Trinajstić information content (AvgIpc) is 2.65. The summed E-state index contributed by atoms with van der Waals surface area (Å²) < 4.78 is 20.2. The van der Waals surface area contributed by atoms with Crippen LogP contribution in [0.15, 0.2) is 44.7 Å². The number of carbonyl (C=O) groups is 2. The number of anilines is 1. The molecule has 1 aromatic heterocycles. The molecule has 1 aliphatic rings. The summed E-state index contributed by atoms with van der Waals surface area (Å²) in [5.41, 5.74) is 1.25. The standard InChI is InChI=1S/C18H17NO7/c1-10-6-15(20)26-14-7-11(4-5-12(10)14)19-9-25-8-13(17(21)23-2)16(19)18(22)24-3/h4-7H,8-9H2,1-3H3. The van der Waals surface area contributed by atoms with Crippen LogP contribution in [0.4, 0.5) is 5.69 Å². The van der Waals surface area contributed by atoms with E-state index in [0.29, 0.717) is 11.3 Å². The van der Waals surface area contributed by atoms with Gasteiger partial charge in [0, 0.05) is 23.2 Å². The molecule has 8 nitrogen and oxygen atoms in total. The molecule has 0 radical (unpaired) electrons. The lowest BCUT2D eigenvalue weighted by molar-refractivity contribution is -0.140. The van der Waals surface area contributed by atoms with Crippen LogP contribution < -0.4 is 10.5 Å². The largest absolute Gasteiger partial charge is 0.466 e. The maximum atomic E-state index is 12.3. The molecule has 2 aromatic rings. The van der Waals surface area contributed by atoms with E-state index in [9.17, 15) is 14.4 Å². The van der Waals surface area contributed by atoms with E-state index in [2.05, 4.69) is 0 Å². The van der Waals surface area contributed by atoms with Crippen LogP contribution in [0.5, 0.6) is 0 Å². The van der Waals surface area contributed by atoms with Gasteiger partial charge in [-0.05, 0) is 24.6 Å². The number of hydrogen-bond donors (Lipinski definition) is 0. The van der Waals surface area contributed by atoms with Crippen molar-refractivity contribution in [2.45, 2.75) is 6.92 Å². The Bertz CT molecular complexity index is 973. The van der Waals surface area contributed by atoms with E-state index in [1.54, 1.807) is 25.1 Å². The second kappa shape index (κ2) is 7.01. The van der Waals surface area contributed by atoms with Gasteiger partial charge in [0.1, 0.15) is 18.0 Å². The van der Waals surface area contributed by atoms with E-state index >= 15 is 0 Å². The monoisotopic (exact) mass is 359 g/mol. The van der Waals surface area contributed by atoms with Crippen molar-refractivity contribution in [3.8, 4) is 0 Å². The normalized spacial score (nSPS) is 14.5. The van der Waals surface area contributed by atoms with Crippen molar-refractivity contribution < 1.29 is 28.2 Å². The van der Waals surface area contributed by atoms with Crippen LogP contribution in [0.2, 0.25) is 0 Å². The highest BCUT2D eigenvalue weighted by Gasteiger charge is 2.32. The summed E-state index contributed by atoms with van der Waals surface area (Å²) in [6.07, 6.45) is 0. The Hall–Kier alpha value is -3.13. The minimum Gasteiger partial charge on any atom is -0.466 e. The first-order valence-corrected chi connectivity index (χ1v) is 7.76. The van der Waals surface area contributed by atoms with Gasteiger partial charge in [-0.25, -0.2) is 14.4 Å². The lowest BCUT2D eigenvalue weighted by atomic mass is 10.1. The summed E-state index contributed by atoms with van der Waals surface area (Å²) in [6.45, 7) is 1.75. The molecule has 0 unspecified atom stereocenters. The molecule has 3 rings (SSSR count). The predicted molar refractivity (Wildman–Crippen MR) is 91.6 cm³/mol. The number of esters is 2. The van der Waals surface area contributed by atoms with Crippen molar-refractivity contribution in [3.05, 3.63) is 51.5 Å². The van der Waals surface area contributed by atoms with Gasteiger partial charge >= 0.3 is 17.6 Å². The van der Waals surface area contributed by atoms with E-state index in [4.69, 9.17) is 18.6 Å². The van der Waals surface area contributed by atoms with Crippen LogP contribution >= 0.6 is 0 Å². The van der Waals surface area contributed by atoms with Gasteiger partial charge in [-0.1, -0.05) is 0 Å². The zero-order valence-electron chi connectivity index (χ0n) is 14.5. The molecule has 26 heavy (non-hydrogen) atoms. The highest BCUT2D eigenvalue weighted by molar-refractivity contribution is 6.03. The topological polar surface area (TPSA) is 95.3 Å². The van der Waals surface area contributed by atoms with Crippen LogP contribution in [0.1, 0.15) is 5.56 Å². The van der Waals surface area contributed by atoms with Crippen molar-refractivity contribution in [2.24, 2.45) is 0 Å². The van der Waals surface area contributed by atoms with Gasteiger partial charge in [-0.15, -0.1) is 0 Å². The van der Waals surface area contributed by atoms with E-state index in [-0.39, 0.29) is 24.6 Å². The van der Waals surface area contributed by atoms with Gasteiger partial charge in [-0.3, -0.25) is 0 Å². The Balaban J connectivity index is 2.17. The van der Waals surface area contributed by atoms with Crippen LogP contribution in [-0.4, -0.2) is 39.5 Å². The number of hydrogen-bond acceptors (Lipinski definition) is 8. The molecule has 0 fully saturated rings. The number of benzene rings is 1. The molecular weight excluding hydrogens is 342 g/mol. The molecule has 0 amide bonds. The van der Waals surface area contributed by atoms with E-state index in [0.717, 1.165) is 10.9 Å². The molecule has 0 bridgehead atoms. The molecular formula is C18H17NO7. The number of aryl methyl sites for hydroxylation is 1. The van der Waals surface area contributed by atoms with E-state index in [1.165, 1.54) is 25.2 Å². The Morgan fingerprint density at radius 2 is 1.85 bits per heavy atom. The Morgan fingerprint density at radius 1 is 1.12 bits per heavy atom. The fraction of sp³-hybridized carbons (Fsp3) is 0.278. The lowest BCUT2D eigenvalue weighted by Crippen LogP contribution is -2.38. The van der Waals surface area contributed by atoms with Crippen LogP contribution in [0, 0.1) is 6.92 Å². The minimum absolute atomic E-state index is 0.0203. The Kier molecular flexibility index (Phi) is 4.77. The molecule has 0 spiro atoms. The molecule has 0 N–H and O–H groups in total. The molecule has 136 valence electrons. The van der Waals surface area contributed by atoms with Crippen LogP contribution in [0.3, 0.4) is 0 Å². The Morgan fingerprint density at radius 3 is 2.54 bits per heavy atom. The predicted octanol–water partition coefficient (Wildman–Crippen LogP) is 1.50. The molecule has 8 heteroatoms. The molecule has 0 saturated carbocycles. The highest BCUT2D eigenvalue weighted by Crippen LogP contribution is 2.29. The number of methoxy groups -OCH3 is 2. The Labute approximate surface area is 148 Å². The molecule has 0 saturated heterocycles. The highest BCUT2D eigenvalue weighted by atomic mass is 16.5. The van der Waals surface area contributed by atoms with Crippen molar-refractivity contribution in [1.29, 1.82) is 0 Å². The maximum absolute atomic E-state index is 12.3. The number of fused-ring (bicyclic) bond motifs is 1. The molecule has 1 aliphatic heterocycles. The smallest absolute Gasteiger partial charge is 0.355 e. The summed E-state index contributed by atoms with van der Waals surface area (Å²) in [5.74, 6) is -1.38. The second-order valence-corrected chi connectivity index (χ2v) is 5.64. The van der Waals surface area contributed by atoms with Crippen LogP contribution in [-0.2, 0) is 23.8 Å². The zero-order valence-corrected chi connectivity index (χ0v) is 14.5. The molecule has 1 aromatic carbocycles. The zero-order chi connectivity index (χ0) is 18.8. The van der Waals surface area contributed by atoms with Gasteiger partial charge in [0.05, 0.1) is 26.4 Å². The maximum Gasteiger partial charge on any atom is 0.355 e. The van der Waals surface area contributed by atoms with Gasteiger partial charge in [0.15, 0.2) is 0 Å². The molecule has 0 atom stereocenters. The summed E-state index contributed by atoms with van der Waals surface area (Å²) in [6, 6.07) is 6.52. The summed E-state index contributed by atoms with van der Waals surface area (Å²) >= 11 is 0. The van der Waals surface area contributed by atoms with Gasteiger partial charge in [0.2, 0.25) is 0 Å². The van der Waals surface area contributed by atoms with Crippen molar-refractivity contribution >= 4 is 28.6 Å². The number of ether oxygens (including phenoxy) is 3. The quantitative estimate of drug-likeness (QED) is 0.601. The first-order chi connectivity index (χ1) is 12.5. The van der Waals surface area contributed by atoms with Gasteiger partial charge in [-0.2, -0.15) is 0 Å².